The van der Waals surface area contributed by atoms with E-state index < -0.39 is 5.97 Å². The Kier molecular flexibility index (Phi) is 3.97. The van der Waals surface area contributed by atoms with Crippen LogP contribution in [0.3, 0.4) is 0 Å². The van der Waals surface area contributed by atoms with E-state index in [-0.39, 0.29) is 5.79 Å². The van der Waals surface area contributed by atoms with E-state index >= 15 is 0 Å². The Morgan fingerprint density at radius 3 is 2.67 bits per heavy atom. The lowest BCUT2D eigenvalue weighted by molar-refractivity contribution is -0.187. The first-order valence-electron chi connectivity index (χ1n) is 7.25. The molecule has 7 heteroatoms. The lowest BCUT2D eigenvalue weighted by atomic mass is 10.0. The Morgan fingerprint density at radius 1 is 1.38 bits per heavy atom. The van der Waals surface area contributed by atoms with Gasteiger partial charge in [-0.05, 0) is 13.0 Å². The number of rotatable bonds is 3. The summed E-state index contributed by atoms with van der Waals surface area (Å²) in [5.41, 5.74) is 1.30. The molecule has 2 fully saturated rings. The van der Waals surface area contributed by atoms with Gasteiger partial charge in [0.05, 0.1) is 27.0 Å². The molecule has 2 aliphatic rings. The van der Waals surface area contributed by atoms with Gasteiger partial charge in [-0.3, -0.25) is 9.58 Å². The van der Waals surface area contributed by atoms with Crippen LogP contribution in [0.5, 0.6) is 0 Å². The lowest BCUT2D eigenvalue weighted by Gasteiger charge is -2.37. The average Bonchev–Trinajstić information content (AvgIpc) is 3.09. The second kappa shape index (κ2) is 5.75. The molecule has 0 amide bonds. The predicted molar refractivity (Wildman–Crippen MR) is 73.7 cm³/mol. The van der Waals surface area contributed by atoms with Crippen LogP contribution in [0.15, 0.2) is 6.07 Å². The van der Waals surface area contributed by atoms with E-state index in [0.717, 1.165) is 31.6 Å². The fourth-order valence-electron chi connectivity index (χ4n) is 2.87. The van der Waals surface area contributed by atoms with E-state index in [1.807, 2.05) is 11.6 Å². The molecule has 0 saturated carbocycles. The van der Waals surface area contributed by atoms with Gasteiger partial charge in [0, 0.05) is 31.6 Å². The van der Waals surface area contributed by atoms with Gasteiger partial charge < -0.3 is 14.2 Å². The minimum atomic E-state index is -0.401. The van der Waals surface area contributed by atoms with Gasteiger partial charge >= 0.3 is 5.97 Å². The van der Waals surface area contributed by atoms with E-state index in [0.29, 0.717) is 25.6 Å². The third-order valence-electron chi connectivity index (χ3n) is 4.14. The molecule has 2 saturated heterocycles. The van der Waals surface area contributed by atoms with Crippen LogP contribution >= 0.6 is 0 Å². The number of ether oxygens (including phenoxy) is 3. The van der Waals surface area contributed by atoms with Crippen molar-refractivity contribution in [2.45, 2.75) is 32.2 Å². The number of nitrogens with zero attached hydrogens (tertiary/aromatic N) is 3. The standard InChI is InChI=1S/C14H21N3O4/c1-11-9-12(13(18)19-2)15-17(11)10-16-5-3-14(4-6-16)20-7-8-21-14/h9H,3-8,10H2,1-2H3. The van der Waals surface area contributed by atoms with Crippen LogP contribution in [-0.4, -0.2) is 59.8 Å². The fourth-order valence-corrected chi connectivity index (χ4v) is 2.87. The molecule has 3 rings (SSSR count). The zero-order valence-corrected chi connectivity index (χ0v) is 12.5. The van der Waals surface area contributed by atoms with Crippen LogP contribution in [-0.2, 0) is 20.9 Å². The highest BCUT2D eigenvalue weighted by molar-refractivity contribution is 5.87. The van der Waals surface area contributed by atoms with Crippen LogP contribution in [0, 0.1) is 6.92 Å². The Bertz CT molecular complexity index is 512. The number of aromatic nitrogens is 2. The quantitative estimate of drug-likeness (QED) is 0.768. The smallest absolute Gasteiger partial charge is 0.358 e. The summed E-state index contributed by atoms with van der Waals surface area (Å²) >= 11 is 0. The maximum absolute atomic E-state index is 11.5. The van der Waals surface area contributed by atoms with Crippen molar-refractivity contribution in [3.63, 3.8) is 0 Å². The molecule has 1 aromatic rings. The molecule has 2 aliphatic heterocycles. The minimum absolute atomic E-state index is 0.353. The minimum Gasteiger partial charge on any atom is -0.464 e. The topological polar surface area (TPSA) is 65.8 Å². The predicted octanol–water partition coefficient (Wildman–Crippen LogP) is 0.775. The third kappa shape index (κ3) is 2.95. The van der Waals surface area contributed by atoms with Gasteiger partial charge in [0.2, 0.25) is 0 Å². The molecular formula is C14H21N3O4. The molecular weight excluding hydrogens is 274 g/mol. The number of esters is 1. The summed E-state index contributed by atoms with van der Waals surface area (Å²) in [6.07, 6.45) is 1.74. The summed E-state index contributed by atoms with van der Waals surface area (Å²) in [5.74, 6) is -0.755. The third-order valence-corrected chi connectivity index (χ3v) is 4.14. The number of hydrogen-bond acceptors (Lipinski definition) is 6. The van der Waals surface area contributed by atoms with Crippen molar-refractivity contribution in [1.29, 1.82) is 0 Å². The second-order valence-electron chi connectivity index (χ2n) is 5.53. The summed E-state index contributed by atoms with van der Waals surface area (Å²) in [5, 5.41) is 4.30. The van der Waals surface area contributed by atoms with Crippen molar-refractivity contribution in [3.8, 4) is 0 Å². The maximum Gasteiger partial charge on any atom is 0.358 e. The normalized spacial score (nSPS) is 21.8. The van der Waals surface area contributed by atoms with Crippen molar-refractivity contribution in [2.75, 3.05) is 33.4 Å². The fraction of sp³-hybridized carbons (Fsp3) is 0.714. The Hall–Kier alpha value is -1.44. The van der Waals surface area contributed by atoms with Gasteiger partial charge in [0.25, 0.3) is 0 Å². The van der Waals surface area contributed by atoms with Crippen molar-refractivity contribution >= 4 is 5.97 Å². The SMILES string of the molecule is COC(=O)c1cc(C)n(CN2CCC3(CC2)OCCO3)n1. The summed E-state index contributed by atoms with van der Waals surface area (Å²) in [4.78, 5) is 13.8. The molecule has 21 heavy (non-hydrogen) atoms. The summed E-state index contributed by atoms with van der Waals surface area (Å²) in [6.45, 7) is 5.79. The van der Waals surface area contributed by atoms with E-state index in [4.69, 9.17) is 14.2 Å². The first-order chi connectivity index (χ1) is 10.1. The van der Waals surface area contributed by atoms with Crippen LogP contribution in [0.4, 0.5) is 0 Å². The van der Waals surface area contributed by atoms with Crippen molar-refractivity contribution in [2.24, 2.45) is 0 Å². The Labute approximate surface area is 123 Å². The molecule has 0 atom stereocenters. The molecule has 0 aliphatic carbocycles. The molecule has 7 nitrogen and oxygen atoms in total. The van der Waals surface area contributed by atoms with Crippen molar-refractivity contribution in [3.05, 3.63) is 17.5 Å². The summed E-state index contributed by atoms with van der Waals surface area (Å²) in [6, 6.07) is 1.75. The molecule has 0 N–H and O–H groups in total. The molecule has 116 valence electrons. The van der Waals surface area contributed by atoms with Gasteiger partial charge in [-0.25, -0.2) is 4.79 Å². The summed E-state index contributed by atoms with van der Waals surface area (Å²) < 4.78 is 18.0. The number of methoxy groups -OCH3 is 1. The van der Waals surface area contributed by atoms with Gasteiger partial charge in [0.1, 0.15) is 0 Å². The molecule has 0 bridgehead atoms. The van der Waals surface area contributed by atoms with E-state index in [1.165, 1.54) is 7.11 Å². The van der Waals surface area contributed by atoms with Gasteiger partial charge in [-0.15, -0.1) is 0 Å². The Balaban J connectivity index is 1.60. The number of piperidine rings is 1. The zero-order chi connectivity index (χ0) is 14.9. The highest BCUT2D eigenvalue weighted by Crippen LogP contribution is 2.31. The summed E-state index contributed by atoms with van der Waals surface area (Å²) in [7, 11) is 1.36. The first kappa shape index (κ1) is 14.5. The zero-order valence-electron chi connectivity index (χ0n) is 12.5. The molecule has 0 radical (unpaired) electrons. The molecule has 3 heterocycles. The molecule has 0 unspecified atom stereocenters. The van der Waals surface area contributed by atoms with Crippen LogP contribution in [0.1, 0.15) is 29.0 Å². The van der Waals surface area contributed by atoms with Crippen LogP contribution in [0.25, 0.3) is 0 Å². The largest absolute Gasteiger partial charge is 0.464 e. The first-order valence-corrected chi connectivity index (χ1v) is 7.25. The van der Waals surface area contributed by atoms with E-state index in [9.17, 15) is 4.79 Å². The molecule has 1 aromatic heterocycles. The molecule has 1 spiro atoms. The van der Waals surface area contributed by atoms with Crippen molar-refractivity contribution in [1.82, 2.24) is 14.7 Å². The number of carbonyl (C=O) groups is 1. The van der Waals surface area contributed by atoms with Gasteiger partial charge in [0.15, 0.2) is 11.5 Å². The van der Waals surface area contributed by atoms with Gasteiger partial charge in [-0.1, -0.05) is 0 Å². The lowest BCUT2D eigenvalue weighted by Crippen LogP contribution is -2.45. The van der Waals surface area contributed by atoms with E-state index in [2.05, 4.69) is 10.00 Å². The monoisotopic (exact) mass is 295 g/mol. The Morgan fingerprint density at radius 2 is 2.05 bits per heavy atom. The number of aryl methyl sites for hydroxylation is 1. The average molecular weight is 295 g/mol. The van der Waals surface area contributed by atoms with Gasteiger partial charge in [-0.2, -0.15) is 5.10 Å². The highest BCUT2D eigenvalue weighted by Gasteiger charge is 2.39. The second-order valence-corrected chi connectivity index (χ2v) is 5.53. The number of likely N-dealkylation sites (tertiary alicyclic amines) is 1. The van der Waals surface area contributed by atoms with Crippen LogP contribution < -0.4 is 0 Å². The number of carbonyl (C=O) groups excluding carboxylic acids is 1. The number of hydrogen-bond donors (Lipinski definition) is 0. The van der Waals surface area contributed by atoms with E-state index in [1.54, 1.807) is 6.07 Å². The maximum atomic E-state index is 11.5. The van der Waals surface area contributed by atoms with Crippen molar-refractivity contribution < 1.29 is 19.0 Å². The molecule has 0 aromatic carbocycles. The highest BCUT2D eigenvalue weighted by atomic mass is 16.7. The van der Waals surface area contributed by atoms with Crippen LogP contribution in [0.2, 0.25) is 0 Å².